The van der Waals surface area contributed by atoms with E-state index in [1.54, 1.807) is 20.8 Å². The van der Waals surface area contributed by atoms with Gasteiger partial charge in [-0.3, -0.25) is 4.79 Å². The molecule has 0 aliphatic carbocycles. The summed E-state index contributed by atoms with van der Waals surface area (Å²) in [4.78, 5) is 15.1. The standard InChI is InChI=1S/C10H13NO3/c1-10(2,3)9(13)14-8-5-4-7(12)6-11-8/h4-6,12H,1-3H3. The molecular formula is C10H13NO3. The number of hydrogen-bond donors (Lipinski definition) is 1. The van der Waals surface area contributed by atoms with Crippen LogP contribution in [0, 0.1) is 5.41 Å². The van der Waals surface area contributed by atoms with E-state index in [9.17, 15) is 4.79 Å². The molecule has 76 valence electrons. The van der Waals surface area contributed by atoms with Gasteiger partial charge in [0.05, 0.1) is 11.6 Å². The number of esters is 1. The van der Waals surface area contributed by atoms with Crippen molar-refractivity contribution in [1.29, 1.82) is 0 Å². The molecule has 0 aromatic carbocycles. The molecule has 0 unspecified atom stereocenters. The molecule has 0 saturated carbocycles. The minimum Gasteiger partial charge on any atom is -0.506 e. The molecule has 4 heteroatoms. The molecule has 4 nitrogen and oxygen atoms in total. The third-order valence-corrected chi connectivity index (χ3v) is 1.53. The van der Waals surface area contributed by atoms with Crippen molar-refractivity contribution in [2.75, 3.05) is 0 Å². The third kappa shape index (κ3) is 2.73. The summed E-state index contributed by atoms with van der Waals surface area (Å²) in [7, 11) is 0. The molecule has 0 saturated heterocycles. The maximum atomic E-state index is 11.4. The van der Waals surface area contributed by atoms with Crippen LogP contribution in [0.5, 0.6) is 11.6 Å². The number of aromatic nitrogens is 1. The molecule has 0 radical (unpaired) electrons. The molecule has 14 heavy (non-hydrogen) atoms. The van der Waals surface area contributed by atoms with Crippen molar-refractivity contribution in [3.63, 3.8) is 0 Å². The summed E-state index contributed by atoms with van der Waals surface area (Å²) in [6, 6.07) is 2.86. The van der Waals surface area contributed by atoms with Crippen molar-refractivity contribution in [2.45, 2.75) is 20.8 Å². The normalized spacial score (nSPS) is 11.1. The molecular weight excluding hydrogens is 182 g/mol. The smallest absolute Gasteiger partial charge is 0.317 e. The predicted molar refractivity (Wildman–Crippen MR) is 51.0 cm³/mol. The molecule has 1 aromatic heterocycles. The fraction of sp³-hybridized carbons (Fsp3) is 0.400. The number of pyridine rings is 1. The van der Waals surface area contributed by atoms with Gasteiger partial charge in [0.2, 0.25) is 5.88 Å². The highest BCUT2D eigenvalue weighted by atomic mass is 16.5. The van der Waals surface area contributed by atoms with Crippen molar-refractivity contribution < 1.29 is 14.6 Å². The van der Waals surface area contributed by atoms with Gasteiger partial charge in [-0.1, -0.05) is 0 Å². The zero-order chi connectivity index (χ0) is 10.8. The lowest BCUT2D eigenvalue weighted by atomic mass is 9.97. The van der Waals surface area contributed by atoms with Crippen molar-refractivity contribution in [2.24, 2.45) is 5.41 Å². The number of rotatable bonds is 1. The van der Waals surface area contributed by atoms with Crippen molar-refractivity contribution in [3.05, 3.63) is 18.3 Å². The second-order valence-electron chi connectivity index (χ2n) is 3.99. The van der Waals surface area contributed by atoms with E-state index >= 15 is 0 Å². The lowest BCUT2D eigenvalue weighted by Gasteiger charge is -2.15. The Kier molecular flexibility index (Phi) is 2.74. The molecule has 0 bridgehead atoms. The van der Waals surface area contributed by atoms with Gasteiger partial charge < -0.3 is 9.84 Å². The molecule has 1 rings (SSSR count). The number of carbonyl (C=O) groups is 1. The van der Waals surface area contributed by atoms with Crippen LogP contribution in [-0.4, -0.2) is 16.1 Å². The molecule has 1 aromatic rings. The predicted octanol–water partition coefficient (Wildman–Crippen LogP) is 1.74. The molecule has 0 amide bonds. The Morgan fingerprint density at radius 1 is 1.43 bits per heavy atom. The molecule has 0 aliphatic rings. The third-order valence-electron chi connectivity index (χ3n) is 1.53. The van der Waals surface area contributed by atoms with Crippen molar-refractivity contribution >= 4 is 5.97 Å². The van der Waals surface area contributed by atoms with E-state index in [0.29, 0.717) is 0 Å². The van der Waals surface area contributed by atoms with Gasteiger partial charge in [-0.15, -0.1) is 0 Å². The molecule has 0 spiro atoms. The highest BCUT2D eigenvalue weighted by Gasteiger charge is 2.23. The fourth-order valence-corrected chi connectivity index (χ4v) is 0.681. The SMILES string of the molecule is CC(C)(C)C(=O)Oc1ccc(O)cn1. The van der Waals surface area contributed by atoms with E-state index in [2.05, 4.69) is 4.98 Å². The number of hydrogen-bond acceptors (Lipinski definition) is 4. The van der Waals surface area contributed by atoms with Crippen LogP contribution in [0.4, 0.5) is 0 Å². The number of aromatic hydroxyl groups is 1. The van der Waals surface area contributed by atoms with Gasteiger partial charge in [0, 0.05) is 6.07 Å². The first-order valence-corrected chi connectivity index (χ1v) is 4.27. The Labute approximate surface area is 82.5 Å². The average molecular weight is 195 g/mol. The van der Waals surface area contributed by atoms with Crippen LogP contribution >= 0.6 is 0 Å². The van der Waals surface area contributed by atoms with Gasteiger partial charge in [0.25, 0.3) is 0 Å². The van der Waals surface area contributed by atoms with E-state index in [1.807, 2.05) is 0 Å². The van der Waals surface area contributed by atoms with Gasteiger partial charge in [0.1, 0.15) is 5.75 Å². The quantitative estimate of drug-likeness (QED) is 0.693. The molecule has 1 heterocycles. The summed E-state index contributed by atoms with van der Waals surface area (Å²) < 4.78 is 4.97. The van der Waals surface area contributed by atoms with Crippen LogP contribution in [0.1, 0.15) is 20.8 Å². The topological polar surface area (TPSA) is 59.4 Å². The Balaban J connectivity index is 2.71. The summed E-state index contributed by atoms with van der Waals surface area (Å²) in [5, 5.41) is 8.95. The summed E-state index contributed by atoms with van der Waals surface area (Å²) in [5.74, 6) is -0.112. The van der Waals surface area contributed by atoms with E-state index in [0.717, 1.165) is 0 Å². The highest BCUT2D eigenvalue weighted by Crippen LogP contribution is 2.18. The number of ether oxygens (including phenoxy) is 1. The number of nitrogens with zero attached hydrogens (tertiary/aromatic N) is 1. The van der Waals surface area contributed by atoms with Gasteiger partial charge in [-0.2, -0.15) is 0 Å². The second-order valence-corrected chi connectivity index (χ2v) is 3.99. The average Bonchev–Trinajstić information content (AvgIpc) is 2.07. The Morgan fingerprint density at radius 2 is 2.07 bits per heavy atom. The Bertz CT molecular complexity index is 324. The van der Waals surface area contributed by atoms with Gasteiger partial charge in [0.15, 0.2) is 0 Å². The Hall–Kier alpha value is -1.58. The largest absolute Gasteiger partial charge is 0.506 e. The first-order chi connectivity index (χ1) is 6.39. The number of carbonyl (C=O) groups excluding carboxylic acids is 1. The van der Waals surface area contributed by atoms with E-state index in [-0.39, 0.29) is 17.6 Å². The zero-order valence-corrected chi connectivity index (χ0v) is 8.44. The van der Waals surface area contributed by atoms with Gasteiger partial charge >= 0.3 is 5.97 Å². The maximum Gasteiger partial charge on any atom is 0.317 e. The van der Waals surface area contributed by atoms with Gasteiger partial charge in [-0.05, 0) is 26.8 Å². The first-order valence-electron chi connectivity index (χ1n) is 4.27. The van der Waals surface area contributed by atoms with Crippen LogP contribution in [0.3, 0.4) is 0 Å². The monoisotopic (exact) mass is 195 g/mol. The molecule has 0 aliphatic heterocycles. The lowest BCUT2D eigenvalue weighted by Crippen LogP contribution is -2.25. The first kappa shape index (κ1) is 10.5. The summed E-state index contributed by atoms with van der Waals surface area (Å²) >= 11 is 0. The van der Waals surface area contributed by atoms with Crippen LogP contribution in [0.2, 0.25) is 0 Å². The van der Waals surface area contributed by atoms with Gasteiger partial charge in [-0.25, -0.2) is 4.98 Å². The van der Waals surface area contributed by atoms with Crippen LogP contribution in [-0.2, 0) is 4.79 Å². The fourth-order valence-electron chi connectivity index (χ4n) is 0.681. The van der Waals surface area contributed by atoms with Crippen LogP contribution in [0.25, 0.3) is 0 Å². The minimum atomic E-state index is -0.556. The van der Waals surface area contributed by atoms with Crippen molar-refractivity contribution in [3.8, 4) is 11.6 Å². The maximum absolute atomic E-state index is 11.4. The van der Waals surface area contributed by atoms with Crippen LogP contribution < -0.4 is 4.74 Å². The van der Waals surface area contributed by atoms with Crippen molar-refractivity contribution in [1.82, 2.24) is 4.98 Å². The Morgan fingerprint density at radius 3 is 2.50 bits per heavy atom. The highest BCUT2D eigenvalue weighted by molar-refractivity contribution is 5.77. The van der Waals surface area contributed by atoms with E-state index in [4.69, 9.17) is 9.84 Å². The molecule has 0 fully saturated rings. The summed E-state index contributed by atoms with van der Waals surface area (Å²) in [6.07, 6.45) is 1.23. The summed E-state index contributed by atoms with van der Waals surface area (Å²) in [5.41, 5.74) is -0.556. The van der Waals surface area contributed by atoms with E-state index < -0.39 is 5.41 Å². The van der Waals surface area contributed by atoms with E-state index in [1.165, 1.54) is 18.3 Å². The second kappa shape index (κ2) is 3.65. The van der Waals surface area contributed by atoms with Crippen LogP contribution in [0.15, 0.2) is 18.3 Å². The summed E-state index contributed by atoms with van der Waals surface area (Å²) in [6.45, 7) is 5.28. The molecule has 1 N–H and O–H groups in total. The lowest BCUT2D eigenvalue weighted by molar-refractivity contribution is -0.143. The minimum absolute atomic E-state index is 0.0422. The molecule has 0 atom stereocenters. The zero-order valence-electron chi connectivity index (χ0n) is 8.44.